The average molecular weight is 371 g/mol. The first-order chi connectivity index (χ1) is 11.5. The van der Waals surface area contributed by atoms with E-state index in [0.29, 0.717) is 17.1 Å². The summed E-state index contributed by atoms with van der Waals surface area (Å²) in [5.74, 6) is -0.655. The van der Waals surface area contributed by atoms with Crippen molar-refractivity contribution in [3.8, 4) is 0 Å². The van der Waals surface area contributed by atoms with Crippen LogP contribution in [0.2, 0.25) is 10.0 Å². The number of halogens is 4. The van der Waals surface area contributed by atoms with Gasteiger partial charge in [-0.15, -0.1) is 0 Å². The molecule has 3 rings (SSSR count). The van der Waals surface area contributed by atoms with Gasteiger partial charge in [-0.25, -0.2) is 8.78 Å². The molecule has 0 aromatic heterocycles. The lowest BCUT2D eigenvalue weighted by Gasteiger charge is -2.35. The summed E-state index contributed by atoms with van der Waals surface area (Å²) >= 11 is 11.9. The summed E-state index contributed by atoms with van der Waals surface area (Å²) in [6.45, 7) is 4.64. The van der Waals surface area contributed by atoms with Crippen LogP contribution in [0.15, 0.2) is 36.4 Å². The van der Waals surface area contributed by atoms with E-state index < -0.39 is 5.82 Å². The molecule has 0 N–H and O–H groups in total. The molecule has 2 aromatic carbocycles. The van der Waals surface area contributed by atoms with Gasteiger partial charge in [-0.2, -0.15) is 0 Å². The second-order valence-electron chi connectivity index (χ2n) is 6.00. The number of piperazine rings is 1. The molecule has 0 amide bonds. The molecule has 128 valence electrons. The first-order valence-electron chi connectivity index (χ1n) is 7.84. The van der Waals surface area contributed by atoms with E-state index in [2.05, 4.69) is 9.80 Å². The molecule has 0 atom stereocenters. The Morgan fingerprint density at radius 2 is 1.46 bits per heavy atom. The van der Waals surface area contributed by atoms with E-state index in [4.69, 9.17) is 23.2 Å². The van der Waals surface area contributed by atoms with Gasteiger partial charge in [-0.3, -0.25) is 9.80 Å². The van der Waals surface area contributed by atoms with Gasteiger partial charge in [0.1, 0.15) is 11.6 Å². The molecule has 24 heavy (non-hydrogen) atoms. The van der Waals surface area contributed by atoms with E-state index >= 15 is 0 Å². The maximum absolute atomic E-state index is 13.9. The number of hydrogen-bond acceptors (Lipinski definition) is 2. The Labute approximate surface area is 150 Å². The Kier molecular flexibility index (Phi) is 5.72. The van der Waals surface area contributed by atoms with Crippen LogP contribution in [-0.4, -0.2) is 36.0 Å². The van der Waals surface area contributed by atoms with Crippen molar-refractivity contribution in [1.29, 1.82) is 0 Å². The van der Waals surface area contributed by atoms with E-state index in [9.17, 15) is 8.78 Å². The molecule has 0 unspecified atom stereocenters. The quantitative estimate of drug-likeness (QED) is 0.776. The number of hydrogen-bond donors (Lipinski definition) is 0. The fourth-order valence-electron chi connectivity index (χ4n) is 2.91. The van der Waals surface area contributed by atoms with Crippen LogP contribution in [0, 0.1) is 11.6 Å². The van der Waals surface area contributed by atoms with Crippen molar-refractivity contribution in [2.75, 3.05) is 26.2 Å². The van der Waals surface area contributed by atoms with Gasteiger partial charge in [0, 0.05) is 49.9 Å². The lowest BCUT2D eigenvalue weighted by atomic mass is 10.1. The molecule has 1 aliphatic heterocycles. The highest BCUT2D eigenvalue weighted by atomic mass is 35.5. The van der Waals surface area contributed by atoms with Crippen LogP contribution in [0.4, 0.5) is 8.78 Å². The van der Waals surface area contributed by atoms with Crippen LogP contribution in [0.5, 0.6) is 0 Å². The average Bonchev–Trinajstić information content (AvgIpc) is 2.56. The molecular weight excluding hydrogens is 353 g/mol. The molecule has 0 bridgehead atoms. The summed E-state index contributed by atoms with van der Waals surface area (Å²) in [5, 5.41) is 0.624. The zero-order valence-electron chi connectivity index (χ0n) is 13.1. The third kappa shape index (κ3) is 4.25. The predicted octanol–water partition coefficient (Wildman–Crippen LogP) is 4.59. The Balaban J connectivity index is 1.55. The molecule has 0 aliphatic carbocycles. The number of nitrogens with zero attached hydrogens (tertiary/aromatic N) is 2. The maximum Gasteiger partial charge on any atom is 0.141 e. The van der Waals surface area contributed by atoms with Gasteiger partial charge in [0.15, 0.2) is 0 Å². The normalized spacial score (nSPS) is 16.5. The van der Waals surface area contributed by atoms with Crippen LogP contribution in [0.3, 0.4) is 0 Å². The van der Waals surface area contributed by atoms with Gasteiger partial charge in [-0.1, -0.05) is 35.3 Å². The fourth-order valence-corrected chi connectivity index (χ4v) is 3.33. The monoisotopic (exact) mass is 370 g/mol. The highest BCUT2D eigenvalue weighted by Crippen LogP contribution is 2.22. The maximum atomic E-state index is 13.9. The van der Waals surface area contributed by atoms with Crippen molar-refractivity contribution in [2.45, 2.75) is 13.1 Å². The highest BCUT2D eigenvalue weighted by Gasteiger charge is 2.19. The van der Waals surface area contributed by atoms with Gasteiger partial charge in [0.2, 0.25) is 0 Å². The zero-order chi connectivity index (χ0) is 17.1. The Hall–Kier alpha value is -1.20. The summed E-state index contributed by atoms with van der Waals surface area (Å²) in [6, 6.07) is 9.60. The molecule has 0 radical (unpaired) electrons. The van der Waals surface area contributed by atoms with Gasteiger partial charge in [0.05, 0.1) is 5.02 Å². The van der Waals surface area contributed by atoms with Crippen LogP contribution in [-0.2, 0) is 13.1 Å². The molecule has 0 saturated carbocycles. The zero-order valence-corrected chi connectivity index (χ0v) is 14.6. The van der Waals surface area contributed by atoms with Crippen LogP contribution in [0.25, 0.3) is 0 Å². The van der Waals surface area contributed by atoms with E-state index in [1.165, 1.54) is 12.1 Å². The van der Waals surface area contributed by atoms with E-state index in [1.807, 2.05) is 0 Å². The van der Waals surface area contributed by atoms with Crippen LogP contribution >= 0.6 is 23.2 Å². The Bertz CT molecular complexity index is 696. The van der Waals surface area contributed by atoms with Gasteiger partial charge < -0.3 is 0 Å². The molecule has 1 saturated heterocycles. The predicted molar refractivity (Wildman–Crippen MR) is 93.4 cm³/mol. The molecular formula is C18H18Cl2F2N2. The van der Waals surface area contributed by atoms with Crippen molar-refractivity contribution in [2.24, 2.45) is 0 Å². The fraction of sp³-hybridized carbons (Fsp3) is 0.333. The second-order valence-corrected chi connectivity index (χ2v) is 6.82. The lowest BCUT2D eigenvalue weighted by molar-refractivity contribution is 0.121. The van der Waals surface area contributed by atoms with Gasteiger partial charge in [0.25, 0.3) is 0 Å². The summed E-state index contributed by atoms with van der Waals surface area (Å²) in [6.07, 6.45) is 0. The van der Waals surface area contributed by atoms with E-state index in [0.717, 1.165) is 38.3 Å². The topological polar surface area (TPSA) is 6.48 Å². The first kappa shape index (κ1) is 17.6. The van der Waals surface area contributed by atoms with Gasteiger partial charge in [-0.05, 0) is 29.8 Å². The van der Waals surface area contributed by atoms with E-state index in [-0.39, 0.29) is 10.8 Å². The lowest BCUT2D eigenvalue weighted by Crippen LogP contribution is -2.45. The van der Waals surface area contributed by atoms with Crippen molar-refractivity contribution in [3.05, 3.63) is 69.2 Å². The molecule has 2 aromatic rings. The van der Waals surface area contributed by atoms with Crippen molar-refractivity contribution in [3.63, 3.8) is 0 Å². The molecule has 1 aliphatic rings. The molecule has 6 heteroatoms. The van der Waals surface area contributed by atoms with Crippen LogP contribution in [0.1, 0.15) is 11.1 Å². The molecule has 1 heterocycles. The van der Waals surface area contributed by atoms with Gasteiger partial charge >= 0.3 is 0 Å². The van der Waals surface area contributed by atoms with E-state index in [1.54, 1.807) is 24.3 Å². The molecule has 0 spiro atoms. The summed E-state index contributed by atoms with van der Waals surface area (Å²) in [7, 11) is 0. The molecule has 2 nitrogen and oxygen atoms in total. The number of rotatable bonds is 4. The first-order valence-corrected chi connectivity index (χ1v) is 8.60. The van der Waals surface area contributed by atoms with Crippen LogP contribution < -0.4 is 0 Å². The minimum Gasteiger partial charge on any atom is -0.297 e. The van der Waals surface area contributed by atoms with Crippen molar-refractivity contribution in [1.82, 2.24) is 9.80 Å². The Morgan fingerprint density at radius 3 is 2.08 bits per heavy atom. The van der Waals surface area contributed by atoms with Crippen molar-refractivity contribution < 1.29 is 8.78 Å². The second kappa shape index (κ2) is 7.79. The smallest absolute Gasteiger partial charge is 0.141 e. The summed E-state index contributed by atoms with van der Waals surface area (Å²) < 4.78 is 27.1. The highest BCUT2D eigenvalue weighted by molar-refractivity contribution is 6.31. The SMILES string of the molecule is Fc1ccc(CN2CCN(Cc3c(F)cccc3Cl)CC2)cc1Cl. The summed E-state index contributed by atoms with van der Waals surface area (Å²) in [5.41, 5.74) is 1.55. The minimum absolute atomic E-state index is 0.153. The van der Waals surface area contributed by atoms with Crippen molar-refractivity contribution >= 4 is 23.2 Å². The third-order valence-corrected chi connectivity index (χ3v) is 4.94. The standard InChI is InChI=1S/C18H18Cl2F2N2/c19-15-2-1-3-17(21)14(15)12-24-8-6-23(7-9-24)11-13-4-5-18(22)16(20)10-13/h1-5,10H,6-9,11-12H2. The number of benzene rings is 2. The summed E-state index contributed by atoms with van der Waals surface area (Å²) in [4.78, 5) is 4.47. The minimum atomic E-state index is -0.396. The Morgan fingerprint density at radius 1 is 0.792 bits per heavy atom. The third-order valence-electron chi connectivity index (χ3n) is 4.30. The molecule has 1 fully saturated rings. The largest absolute Gasteiger partial charge is 0.297 e.